The second-order valence-electron chi connectivity index (χ2n) is 8.66. The topological polar surface area (TPSA) is 50.8 Å². The van der Waals surface area contributed by atoms with Crippen LogP contribution in [0.3, 0.4) is 0 Å². The lowest BCUT2D eigenvalue weighted by molar-refractivity contribution is 0.0951. The normalized spacial score (nSPS) is 13.8. The fraction of sp³-hybridized carbons (Fsp3) is 0.276. The number of hydrogen-bond donors (Lipinski definition) is 1. The van der Waals surface area contributed by atoms with Crippen molar-refractivity contribution in [2.75, 3.05) is 27.3 Å². The zero-order valence-electron chi connectivity index (χ0n) is 20.1. The van der Waals surface area contributed by atoms with E-state index in [1.807, 2.05) is 43.3 Å². The Hall–Kier alpha value is -3.57. The van der Waals surface area contributed by atoms with Gasteiger partial charge in [-0.2, -0.15) is 0 Å². The molecule has 5 heteroatoms. The lowest BCUT2D eigenvalue weighted by atomic mass is 9.97. The monoisotopic (exact) mass is 456 g/mol. The van der Waals surface area contributed by atoms with Crippen LogP contribution < -0.4 is 14.8 Å². The minimum absolute atomic E-state index is 0.0446. The summed E-state index contributed by atoms with van der Waals surface area (Å²) < 4.78 is 10.8. The van der Waals surface area contributed by atoms with Crippen LogP contribution in [-0.2, 0) is 13.1 Å². The number of methoxy groups -OCH3 is 2. The van der Waals surface area contributed by atoms with E-state index in [-0.39, 0.29) is 5.91 Å². The molecule has 1 amide bonds. The number of nitrogens with one attached hydrogen (secondary N) is 1. The lowest BCUT2D eigenvalue weighted by Crippen LogP contribution is -2.28. The van der Waals surface area contributed by atoms with Crippen molar-refractivity contribution in [3.63, 3.8) is 0 Å². The van der Waals surface area contributed by atoms with Crippen molar-refractivity contribution in [3.8, 4) is 11.5 Å². The molecule has 0 unspecified atom stereocenters. The quantitative estimate of drug-likeness (QED) is 0.504. The van der Waals surface area contributed by atoms with Crippen molar-refractivity contribution in [2.24, 2.45) is 0 Å². The van der Waals surface area contributed by atoms with Gasteiger partial charge in [-0.15, -0.1) is 0 Å². The van der Waals surface area contributed by atoms with Gasteiger partial charge in [0.1, 0.15) is 0 Å². The molecule has 176 valence electrons. The fourth-order valence-electron chi connectivity index (χ4n) is 4.31. The molecule has 34 heavy (non-hydrogen) atoms. The summed E-state index contributed by atoms with van der Waals surface area (Å²) in [5.41, 5.74) is 6.68. The minimum Gasteiger partial charge on any atom is -0.493 e. The maximum absolute atomic E-state index is 12.5. The Balaban J connectivity index is 1.35. The van der Waals surface area contributed by atoms with Gasteiger partial charge in [0.15, 0.2) is 11.5 Å². The van der Waals surface area contributed by atoms with E-state index in [1.165, 1.54) is 16.7 Å². The molecule has 0 radical (unpaired) electrons. The van der Waals surface area contributed by atoms with E-state index in [9.17, 15) is 4.79 Å². The standard InChI is InChI=1S/C29H32N2O3/c1-21-6-4-9-26(16-21)29(32)30-19-22-7-5-8-25(17-22)24-12-14-31(15-13-24)20-23-10-11-27(33-2)28(18-23)34-3/h4-12,16-18H,13-15,19-20H2,1-3H3,(H,30,32). The van der Waals surface area contributed by atoms with Gasteiger partial charge in [0.2, 0.25) is 0 Å². The van der Waals surface area contributed by atoms with Crippen LogP contribution in [0.1, 0.15) is 39.0 Å². The van der Waals surface area contributed by atoms with E-state index < -0.39 is 0 Å². The number of hydrogen-bond acceptors (Lipinski definition) is 4. The molecule has 1 heterocycles. The Bertz CT molecular complexity index is 1190. The van der Waals surface area contributed by atoms with Gasteiger partial charge in [-0.3, -0.25) is 9.69 Å². The van der Waals surface area contributed by atoms with Gasteiger partial charge in [0, 0.05) is 31.7 Å². The number of aryl methyl sites for hydroxylation is 1. The molecule has 0 atom stereocenters. The zero-order chi connectivity index (χ0) is 23.9. The van der Waals surface area contributed by atoms with Crippen molar-refractivity contribution in [2.45, 2.75) is 26.4 Å². The number of ether oxygens (including phenoxy) is 2. The highest BCUT2D eigenvalue weighted by molar-refractivity contribution is 5.94. The zero-order valence-corrected chi connectivity index (χ0v) is 20.1. The number of nitrogens with zero attached hydrogens (tertiary/aromatic N) is 1. The fourth-order valence-corrected chi connectivity index (χ4v) is 4.31. The summed E-state index contributed by atoms with van der Waals surface area (Å²) in [7, 11) is 3.32. The number of rotatable bonds is 8. The van der Waals surface area contributed by atoms with Crippen molar-refractivity contribution in [1.29, 1.82) is 0 Å². The molecule has 0 saturated carbocycles. The summed E-state index contributed by atoms with van der Waals surface area (Å²) in [6, 6.07) is 22.2. The third kappa shape index (κ3) is 5.86. The molecular weight excluding hydrogens is 424 g/mol. The highest BCUT2D eigenvalue weighted by Gasteiger charge is 2.15. The van der Waals surface area contributed by atoms with Crippen molar-refractivity contribution < 1.29 is 14.3 Å². The van der Waals surface area contributed by atoms with Crippen LogP contribution in [0.5, 0.6) is 11.5 Å². The first-order chi connectivity index (χ1) is 16.6. The van der Waals surface area contributed by atoms with Gasteiger partial charge >= 0.3 is 0 Å². The summed E-state index contributed by atoms with van der Waals surface area (Å²) in [6.07, 6.45) is 3.31. The Morgan fingerprint density at radius 1 is 0.941 bits per heavy atom. The number of carbonyl (C=O) groups is 1. The van der Waals surface area contributed by atoms with Crippen LogP contribution in [0.25, 0.3) is 5.57 Å². The smallest absolute Gasteiger partial charge is 0.251 e. The first-order valence-electron chi connectivity index (χ1n) is 11.6. The van der Waals surface area contributed by atoms with Crippen molar-refractivity contribution in [3.05, 3.63) is 101 Å². The summed E-state index contributed by atoms with van der Waals surface area (Å²) >= 11 is 0. The van der Waals surface area contributed by atoms with E-state index in [4.69, 9.17) is 9.47 Å². The molecule has 3 aromatic rings. The molecule has 0 bridgehead atoms. The molecule has 0 aromatic heterocycles. The van der Waals surface area contributed by atoms with Crippen LogP contribution in [-0.4, -0.2) is 38.1 Å². The Labute approximate surface area is 202 Å². The lowest BCUT2D eigenvalue weighted by Gasteiger charge is -2.27. The van der Waals surface area contributed by atoms with E-state index in [0.717, 1.165) is 48.7 Å². The highest BCUT2D eigenvalue weighted by Crippen LogP contribution is 2.29. The highest BCUT2D eigenvalue weighted by atomic mass is 16.5. The predicted octanol–water partition coefficient (Wildman–Crippen LogP) is 5.23. The van der Waals surface area contributed by atoms with E-state index in [1.54, 1.807) is 14.2 Å². The summed E-state index contributed by atoms with van der Waals surface area (Å²) in [5, 5.41) is 3.04. The third-order valence-electron chi connectivity index (χ3n) is 6.18. The van der Waals surface area contributed by atoms with Gasteiger partial charge in [0.25, 0.3) is 5.91 Å². The maximum Gasteiger partial charge on any atom is 0.251 e. The average Bonchev–Trinajstić information content (AvgIpc) is 2.88. The SMILES string of the molecule is COc1ccc(CN2CC=C(c3cccc(CNC(=O)c4cccc(C)c4)c3)CC2)cc1OC. The van der Waals surface area contributed by atoms with Crippen LogP contribution in [0.4, 0.5) is 0 Å². The largest absolute Gasteiger partial charge is 0.493 e. The number of carbonyl (C=O) groups excluding carboxylic acids is 1. The molecule has 0 spiro atoms. The van der Waals surface area contributed by atoms with Crippen LogP contribution in [0.15, 0.2) is 72.8 Å². The molecule has 1 aliphatic rings. The molecule has 4 rings (SSSR count). The summed E-state index contributed by atoms with van der Waals surface area (Å²) in [6.45, 7) is 5.27. The average molecular weight is 457 g/mol. The molecule has 0 saturated heterocycles. The first-order valence-corrected chi connectivity index (χ1v) is 11.6. The van der Waals surface area contributed by atoms with E-state index in [2.05, 4.69) is 46.6 Å². The van der Waals surface area contributed by atoms with Gasteiger partial charge in [-0.25, -0.2) is 0 Å². The van der Waals surface area contributed by atoms with Crippen molar-refractivity contribution >= 4 is 11.5 Å². The second-order valence-corrected chi connectivity index (χ2v) is 8.66. The Morgan fingerprint density at radius 3 is 2.50 bits per heavy atom. The van der Waals surface area contributed by atoms with Gasteiger partial charge < -0.3 is 14.8 Å². The van der Waals surface area contributed by atoms with Gasteiger partial charge in [-0.05, 0) is 65.9 Å². The predicted molar refractivity (Wildman–Crippen MR) is 136 cm³/mol. The van der Waals surface area contributed by atoms with E-state index >= 15 is 0 Å². The van der Waals surface area contributed by atoms with Gasteiger partial charge in [-0.1, -0.05) is 48.0 Å². The van der Waals surface area contributed by atoms with Crippen molar-refractivity contribution in [1.82, 2.24) is 10.2 Å². The number of benzene rings is 3. The maximum atomic E-state index is 12.5. The third-order valence-corrected chi connectivity index (χ3v) is 6.18. The molecule has 0 fully saturated rings. The van der Waals surface area contributed by atoms with Crippen LogP contribution >= 0.6 is 0 Å². The second kappa shape index (κ2) is 11.0. The summed E-state index contributed by atoms with van der Waals surface area (Å²) in [4.78, 5) is 14.9. The Kier molecular flexibility index (Phi) is 7.65. The number of amides is 1. The molecule has 0 aliphatic carbocycles. The molecule has 1 N–H and O–H groups in total. The first kappa shape index (κ1) is 23.6. The molecule has 1 aliphatic heterocycles. The van der Waals surface area contributed by atoms with Crippen LogP contribution in [0.2, 0.25) is 0 Å². The summed E-state index contributed by atoms with van der Waals surface area (Å²) in [5.74, 6) is 1.47. The molecular formula is C29H32N2O3. The molecule has 3 aromatic carbocycles. The minimum atomic E-state index is -0.0446. The van der Waals surface area contributed by atoms with E-state index in [0.29, 0.717) is 12.1 Å². The molecule has 5 nitrogen and oxygen atoms in total. The Morgan fingerprint density at radius 2 is 1.76 bits per heavy atom. The van der Waals surface area contributed by atoms with Gasteiger partial charge in [0.05, 0.1) is 14.2 Å². The van der Waals surface area contributed by atoms with Crippen LogP contribution in [0, 0.1) is 6.92 Å².